The monoisotopic (exact) mass is 334 g/mol. The first-order valence-corrected chi connectivity index (χ1v) is 8.38. The number of fused-ring (bicyclic) bond motifs is 1. The Labute approximate surface area is 130 Å². The Morgan fingerprint density at radius 3 is 2.41 bits per heavy atom. The van der Waals surface area contributed by atoms with Gasteiger partial charge in [-0.1, -0.05) is 0 Å². The van der Waals surface area contributed by atoms with Gasteiger partial charge in [0.25, 0.3) is 5.91 Å². The molecule has 0 radical (unpaired) electrons. The molecule has 3 aromatic rings. The van der Waals surface area contributed by atoms with Gasteiger partial charge in [0.2, 0.25) is 10.0 Å². The lowest BCUT2D eigenvalue weighted by Crippen LogP contribution is -2.13. The second-order valence-electron chi connectivity index (χ2n) is 4.49. The summed E-state index contributed by atoms with van der Waals surface area (Å²) < 4.78 is 30.5. The summed E-state index contributed by atoms with van der Waals surface area (Å²) >= 11 is 1.08. The highest BCUT2D eigenvalue weighted by Crippen LogP contribution is 2.16. The van der Waals surface area contributed by atoms with Crippen molar-refractivity contribution in [1.82, 2.24) is 8.75 Å². The molecular formula is C13H10N4O3S2. The van der Waals surface area contributed by atoms with Gasteiger partial charge in [-0.2, -0.15) is 8.75 Å². The Bertz CT molecular complexity index is 949. The zero-order chi connectivity index (χ0) is 15.7. The van der Waals surface area contributed by atoms with Gasteiger partial charge in [0.1, 0.15) is 11.0 Å². The summed E-state index contributed by atoms with van der Waals surface area (Å²) in [7, 11) is -3.74. The molecule has 1 amide bonds. The number of hydrogen-bond acceptors (Lipinski definition) is 6. The Balaban J connectivity index is 1.81. The summed E-state index contributed by atoms with van der Waals surface area (Å²) in [5.74, 6) is -0.321. The van der Waals surface area contributed by atoms with E-state index < -0.39 is 10.0 Å². The van der Waals surface area contributed by atoms with Crippen molar-refractivity contribution in [3.63, 3.8) is 0 Å². The fourth-order valence-corrected chi connectivity index (χ4v) is 2.89. The predicted molar refractivity (Wildman–Crippen MR) is 83.2 cm³/mol. The maximum atomic E-state index is 12.2. The number of nitrogens with zero attached hydrogens (tertiary/aromatic N) is 2. The van der Waals surface area contributed by atoms with Crippen LogP contribution in [0.2, 0.25) is 0 Å². The number of aromatic nitrogens is 2. The first-order valence-electron chi connectivity index (χ1n) is 6.10. The third kappa shape index (κ3) is 2.96. The topological polar surface area (TPSA) is 115 Å². The van der Waals surface area contributed by atoms with Gasteiger partial charge in [-0.3, -0.25) is 4.79 Å². The molecule has 2 aromatic carbocycles. The molecular weight excluding hydrogens is 324 g/mol. The van der Waals surface area contributed by atoms with Crippen LogP contribution in [0.1, 0.15) is 10.4 Å². The summed E-state index contributed by atoms with van der Waals surface area (Å²) in [5.41, 5.74) is 2.30. The van der Waals surface area contributed by atoms with Crippen molar-refractivity contribution < 1.29 is 13.2 Å². The number of amides is 1. The van der Waals surface area contributed by atoms with Crippen molar-refractivity contribution in [2.45, 2.75) is 4.90 Å². The molecule has 3 rings (SSSR count). The summed E-state index contributed by atoms with van der Waals surface area (Å²) in [6, 6.07) is 10.6. The van der Waals surface area contributed by atoms with Crippen LogP contribution >= 0.6 is 11.7 Å². The zero-order valence-electron chi connectivity index (χ0n) is 11.1. The number of anilines is 1. The number of benzene rings is 2. The predicted octanol–water partition coefficient (Wildman–Crippen LogP) is 1.59. The lowest BCUT2D eigenvalue weighted by atomic mass is 10.2. The number of rotatable bonds is 3. The normalized spacial score (nSPS) is 11.5. The smallest absolute Gasteiger partial charge is 0.255 e. The van der Waals surface area contributed by atoms with Crippen LogP contribution in [0.5, 0.6) is 0 Å². The number of nitrogens with two attached hydrogens (primary N) is 1. The first kappa shape index (κ1) is 14.6. The minimum Gasteiger partial charge on any atom is -0.322 e. The number of primary sulfonamides is 1. The molecule has 3 N–H and O–H groups in total. The Hall–Kier alpha value is -2.36. The van der Waals surface area contributed by atoms with Crippen molar-refractivity contribution in [2.75, 3.05) is 5.32 Å². The molecule has 7 nitrogen and oxygen atoms in total. The molecule has 0 aliphatic carbocycles. The molecule has 0 fully saturated rings. The Morgan fingerprint density at radius 2 is 1.73 bits per heavy atom. The summed E-state index contributed by atoms with van der Waals surface area (Å²) in [4.78, 5) is 12.1. The second kappa shape index (κ2) is 5.44. The van der Waals surface area contributed by atoms with Crippen molar-refractivity contribution >= 4 is 44.4 Å². The van der Waals surface area contributed by atoms with Gasteiger partial charge < -0.3 is 5.32 Å². The van der Waals surface area contributed by atoms with E-state index in [0.717, 1.165) is 17.2 Å². The van der Waals surface area contributed by atoms with Gasteiger partial charge in [-0.15, -0.1) is 0 Å². The Kier molecular flexibility index (Phi) is 3.61. The van der Waals surface area contributed by atoms with E-state index >= 15 is 0 Å². The van der Waals surface area contributed by atoms with Crippen molar-refractivity contribution in [1.29, 1.82) is 0 Å². The fourth-order valence-electron chi connectivity index (χ4n) is 1.85. The second-order valence-corrected chi connectivity index (χ2v) is 6.58. The van der Waals surface area contributed by atoms with Gasteiger partial charge >= 0.3 is 0 Å². The van der Waals surface area contributed by atoms with Gasteiger partial charge in [0.05, 0.1) is 16.6 Å². The van der Waals surface area contributed by atoms with E-state index in [4.69, 9.17) is 5.14 Å². The molecule has 0 aliphatic heterocycles. The highest BCUT2D eigenvalue weighted by molar-refractivity contribution is 7.89. The molecule has 0 aliphatic rings. The molecule has 0 atom stereocenters. The van der Waals surface area contributed by atoms with Crippen LogP contribution in [-0.4, -0.2) is 23.1 Å². The third-order valence-corrected chi connectivity index (χ3v) is 4.44. The third-order valence-electron chi connectivity index (χ3n) is 2.96. The van der Waals surface area contributed by atoms with Crippen molar-refractivity contribution in [3.8, 4) is 0 Å². The van der Waals surface area contributed by atoms with E-state index in [-0.39, 0.29) is 10.8 Å². The number of carbonyl (C=O) groups excluding carboxylic acids is 1. The number of sulfonamides is 1. The van der Waals surface area contributed by atoms with Crippen LogP contribution in [0.3, 0.4) is 0 Å². The fraction of sp³-hybridized carbons (Fsp3) is 0. The number of carbonyl (C=O) groups is 1. The van der Waals surface area contributed by atoms with E-state index in [1.54, 1.807) is 18.2 Å². The lowest BCUT2D eigenvalue weighted by Gasteiger charge is -2.06. The average molecular weight is 334 g/mol. The molecule has 0 saturated heterocycles. The molecule has 22 heavy (non-hydrogen) atoms. The molecule has 1 heterocycles. The van der Waals surface area contributed by atoms with Crippen LogP contribution in [0.15, 0.2) is 47.4 Å². The highest BCUT2D eigenvalue weighted by Gasteiger charge is 2.10. The van der Waals surface area contributed by atoms with E-state index in [1.165, 1.54) is 24.3 Å². The highest BCUT2D eigenvalue weighted by atomic mass is 32.2. The molecule has 0 spiro atoms. The minimum absolute atomic E-state index is 0.0135. The maximum Gasteiger partial charge on any atom is 0.255 e. The van der Waals surface area contributed by atoms with Crippen LogP contribution in [0.4, 0.5) is 5.69 Å². The standard InChI is InChI=1S/C13H10N4O3S2/c14-22(19,20)10-4-2-9(3-5-10)15-13(18)8-1-6-11-12(7-8)17-21-16-11/h1-7H,(H,15,18)(H2,14,19,20). The molecule has 1 aromatic heterocycles. The molecule has 0 saturated carbocycles. The summed E-state index contributed by atoms with van der Waals surface area (Å²) in [5, 5.41) is 7.69. The quantitative estimate of drug-likeness (QED) is 0.755. The van der Waals surface area contributed by atoms with E-state index in [1.807, 2.05) is 0 Å². The minimum atomic E-state index is -3.74. The van der Waals surface area contributed by atoms with Crippen molar-refractivity contribution in [3.05, 3.63) is 48.0 Å². The largest absolute Gasteiger partial charge is 0.322 e. The Morgan fingerprint density at radius 1 is 1.05 bits per heavy atom. The van der Waals surface area contributed by atoms with Gasteiger partial charge in [-0.05, 0) is 42.5 Å². The zero-order valence-corrected chi connectivity index (χ0v) is 12.7. The number of hydrogen-bond donors (Lipinski definition) is 2. The summed E-state index contributed by atoms with van der Waals surface area (Å²) in [6.45, 7) is 0. The SMILES string of the molecule is NS(=O)(=O)c1ccc(NC(=O)c2ccc3nsnc3c2)cc1. The molecule has 0 bridgehead atoms. The van der Waals surface area contributed by atoms with Gasteiger partial charge in [-0.25, -0.2) is 13.6 Å². The number of nitrogens with one attached hydrogen (secondary N) is 1. The molecule has 0 unspecified atom stereocenters. The van der Waals surface area contributed by atoms with E-state index in [0.29, 0.717) is 16.8 Å². The van der Waals surface area contributed by atoms with Crippen molar-refractivity contribution in [2.24, 2.45) is 5.14 Å². The van der Waals surface area contributed by atoms with Crippen LogP contribution in [0, 0.1) is 0 Å². The van der Waals surface area contributed by atoms with Crippen LogP contribution < -0.4 is 10.5 Å². The van der Waals surface area contributed by atoms with Gasteiger partial charge in [0.15, 0.2) is 0 Å². The molecule has 9 heteroatoms. The summed E-state index contributed by atoms with van der Waals surface area (Å²) in [6.07, 6.45) is 0. The lowest BCUT2D eigenvalue weighted by molar-refractivity contribution is 0.102. The maximum absolute atomic E-state index is 12.2. The van der Waals surface area contributed by atoms with E-state index in [2.05, 4.69) is 14.1 Å². The van der Waals surface area contributed by atoms with Crippen LogP contribution in [-0.2, 0) is 10.0 Å². The molecule has 112 valence electrons. The van der Waals surface area contributed by atoms with E-state index in [9.17, 15) is 13.2 Å². The first-order chi connectivity index (χ1) is 10.4. The van der Waals surface area contributed by atoms with Crippen LogP contribution in [0.25, 0.3) is 11.0 Å². The van der Waals surface area contributed by atoms with Gasteiger partial charge in [0, 0.05) is 11.3 Å². The average Bonchev–Trinajstić information content (AvgIpc) is 2.94.